The lowest BCUT2D eigenvalue weighted by atomic mass is 10.1. The van der Waals surface area contributed by atoms with Gasteiger partial charge in [-0.1, -0.05) is 41.9 Å². The number of benzene rings is 3. The van der Waals surface area contributed by atoms with E-state index in [1.165, 1.54) is 36.2 Å². The second-order valence-corrected chi connectivity index (χ2v) is 10.0. The van der Waals surface area contributed by atoms with Gasteiger partial charge in [-0.25, -0.2) is 12.8 Å². The van der Waals surface area contributed by atoms with E-state index >= 15 is 0 Å². The van der Waals surface area contributed by atoms with Gasteiger partial charge in [0.05, 0.1) is 10.6 Å². The molecule has 0 aromatic heterocycles. The SMILES string of the molecule is CNC(=O)[C@H](C)N(Cc1cccc(Cl)c1)C(=O)CN(c1ccc(F)cc1)S(=O)(=O)c1ccccc1. The maximum Gasteiger partial charge on any atom is 0.264 e. The highest BCUT2D eigenvalue weighted by Gasteiger charge is 2.32. The Morgan fingerprint density at radius 1 is 1.00 bits per heavy atom. The van der Waals surface area contributed by atoms with Gasteiger partial charge < -0.3 is 10.2 Å². The first-order valence-electron chi connectivity index (χ1n) is 10.7. The van der Waals surface area contributed by atoms with Crippen LogP contribution in [0.15, 0.2) is 83.8 Å². The molecule has 0 aliphatic heterocycles. The Labute approximate surface area is 209 Å². The van der Waals surface area contributed by atoms with Crippen LogP contribution in [0, 0.1) is 5.82 Å². The number of hydrogen-bond donors (Lipinski definition) is 1. The first-order valence-corrected chi connectivity index (χ1v) is 12.5. The number of carbonyl (C=O) groups is 2. The molecule has 0 spiro atoms. The molecule has 0 fully saturated rings. The van der Waals surface area contributed by atoms with Gasteiger partial charge in [0.15, 0.2) is 0 Å². The molecular weight excluding hydrogens is 493 g/mol. The Morgan fingerprint density at radius 3 is 2.26 bits per heavy atom. The molecule has 0 saturated carbocycles. The molecule has 1 N–H and O–H groups in total. The van der Waals surface area contributed by atoms with Gasteiger partial charge in [-0.05, 0) is 61.0 Å². The van der Waals surface area contributed by atoms with E-state index in [4.69, 9.17) is 11.6 Å². The van der Waals surface area contributed by atoms with Crippen molar-refractivity contribution in [1.82, 2.24) is 10.2 Å². The van der Waals surface area contributed by atoms with Crippen molar-refractivity contribution in [3.05, 3.63) is 95.3 Å². The van der Waals surface area contributed by atoms with Crippen LogP contribution in [-0.4, -0.2) is 44.8 Å². The zero-order valence-corrected chi connectivity index (χ0v) is 20.8. The molecule has 0 unspecified atom stereocenters. The van der Waals surface area contributed by atoms with Crippen LogP contribution in [0.4, 0.5) is 10.1 Å². The van der Waals surface area contributed by atoms with Crippen LogP contribution >= 0.6 is 11.6 Å². The van der Waals surface area contributed by atoms with Gasteiger partial charge in [0.2, 0.25) is 11.8 Å². The van der Waals surface area contributed by atoms with Crippen molar-refractivity contribution in [3.63, 3.8) is 0 Å². The van der Waals surface area contributed by atoms with E-state index in [0.717, 1.165) is 16.4 Å². The summed E-state index contributed by atoms with van der Waals surface area (Å²) in [6.07, 6.45) is 0. The van der Waals surface area contributed by atoms with Gasteiger partial charge in [-0.2, -0.15) is 0 Å². The lowest BCUT2D eigenvalue weighted by Gasteiger charge is -2.31. The van der Waals surface area contributed by atoms with Crippen LogP contribution in [0.1, 0.15) is 12.5 Å². The summed E-state index contributed by atoms with van der Waals surface area (Å²) in [5, 5.41) is 2.97. The van der Waals surface area contributed by atoms with Crippen LogP contribution in [0.2, 0.25) is 5.02 Å². The van der Waals surface area contributed by atoms with Crippen LogP contribution in [0.3, 0.4) is 0 Å². The highest BCUT2D eigenvalue weighted by molar-refractivity contribution is 7.92. The minimum Gasteiger partial charge on any atom is -0.357 e. The van der Waals surface area contributed by atoms with E-state index in [-0.39, 0.29) is 17.1 Å². The average molecular weight is 518 g/mol. The number of halogens is 2. The van der Waals surface area contributed by atoms with E-state index < -0.39 is 40.2 Å². The molecule has 1 atom stereocenters. The van der Waals surface area contributed by atoms with Gasteiger partial charge in [0.1, 0.15) is 18.4 Å². The summed E-state index contributed by atoms with van der Waals surface area (Å²) >= 11 is 6.08. The molecule has 0 saturated heterocycles. The third kappa shape index (κ3) is 6.37. The molecular formula is C25H25ClFN3O4S. The standard InChI is InChI=1S/C25H25ClFN3O4S/c1-18(25(32)28-2)29(16-19-7-6-8-20(26)15-19)24(31)17-30(22-13-11-21(27)12-14-22)35(33,34)23-9-4-3-5-10-23/h3-15,18H,16-17H2,1-2H3,(H,28,32)/t18-/m0/s1. The molecule has 184 valence electrons. The number of hydrogen-bond acceptors (Lipinski definition) is 4. The lowest BCUT2D eigenvalue weighted by Crippen LogP contribution is -2.50. The summed E-state index contributed by atoms with van der Waals surface area (Å²) in [4.78, 5) is 27.2. The Morgan fingerprint density at radius 2 is 1.66 bits per heavy atom. The van der Waals surface area contributed by atoms with Crippen molar-refractivity contribution >= 4 is 39.1 Å². The molecule has 10 heteroatoms. The minimum atomic E-state index is -4.18. The van der Waals surface area contributed by atoms with Gasteiger partial charge in [0.25, 0.3) is 10.0 Å². The lowest BCUT2D eigenvalue weighted by molar-refractivity contribution is -0.139. The molecule has 35 heavy (non-hydrogen) atoms. The molecule has 0 aliphatic rings. The summed E-state index contributed by atoms with van der Waals surface area (Å²) < 4.78 is 41.5. The smallest absolute Gasteiger partial charge is 0.264 e. The summed E-state index contributed by atoms with van der Waals surface area (Å²) in [5.74, 6) is -1.59. The summed E-state index contributed by atoms with van der Waals surface area (Å²) in [5.41, 5.74) is 0.778. The highest BCUT2D eigenvalue weighted by Crippen LogP contribution is 2.25. The molecule has 3 aromatic rings. The van der Waals surface area contributed by atoms with Gasteiger partial charge in [-0.3, -0.25) is 13.9 Å². The van der Waals surface area contributed by atoms with Crippen LogP contribution in [0.25, 0.3) is 0 Å². The monoisotopic (exact) mass is 517 g/mol. The van der Waals surface area contributed by atoms with Crippen molar-refractivity contribution in [3.8, 4) is 0 Å². The van der Waals surface area contributed by atoms with Gasteiger partial charge in [0, 0.05) is 18.6 Å². The van der Waals surface area contributed by atoms with Crippen molar-refractivity contribution in [1.29, 1.82) is 0 Å². The van der Waals surface area contributed by atoms with E-state index in [1.807, 2.05) is 0 Å². The van der Waals surface area contributed by atoms with Crippen molar-refractivity contribution < 1.29 is 22.4 Å². The molecule has 0 heterocycles. The number of amides is 2. The predicted molar refractivity (Wildman–Crippen MR) is 133 cm³/mol. The zero-order valence-electron chi connectivity index (χ0n) is 19.2. The number of nitrogens with zero attached hydrogens (tertiary/aromatic N) is 2. The number of carbonyl (C=O) groups excluding carboxylic acids is 2. The first-order chi connectivity index (χ1) is 16.6. The van der Waals surface area contributed by atoms with Gasteiger partial charge in [-0.15, -0.1) is 0 Å². The number of likely N-dealkylation sites (N-methyl/N-ethyl adjacent to an activating group) is 1. The van der Waals surface area contributed by atoms with Crippen molar-refractivity contribution in [2.24, 2.45) is 0 Å². The molecule has 3 aromatic carbocycles. The van der Waals surface area contributed by atoms with E-state index in [0.29, 0.717) is 10.6 Å². The Bertz CT molecular complexity index is 1290. The summed E-state index contributed by atoms with van der Waals surface area (Å²) in [6.45, 7) is 0.969. The van der Waals surface area contributed by atoms with Crippen LogP contribution < -0.4 is 9.62 Å². The number of nitrogens with one attached hydrogen (secondary N) is 1. The van der Waals surface area contributed by atoms with E-state index in [1.54, 1.807) is 49.4 Å². The third-order valence-electron chi connectivity index (χ3n) is 5.38. The van der Waals surface area contributed by atoms with Gasteiger partial charge >= 0.3 is 0 Å². The molecule has 0 radical (unpaired) electrons. The fourth-order valence-electron chi connectivity index (χ4n) is 3.48. The summed E-state index contributed by atoms with van der Waals surface area (Å²) in [7, 11) is -2.73. The normalized spacial score (nSPS) is 12.0. The second kappa shape index (κ2) is 11.3. The largest absolute Gasteiger partial charge is 0.357 e. The fraction of sp³-hybridized carbons (Fsp3) is 0.200. The molecule has 2 amide bonds. The van der Waals surface area contributed by atoms with Crippen molar-refractivity contribution in [2.75, 3.05) is 17.9 Å². The summed E-state index contributed by atoms with van der Waals surface area (Å²) in [6, 6.07) is 18.3. The second-order valence-electron chi connectivity index (χ2n) is 7.74. The topological polar surface area (TPSA) is 86.8 Å². The van der Waals surface area contributed by atoms with E-state index in [9.17, 15) is 22.4 Å². The maximum absolute atomic E-state index is 13.6. The quantitative estimate of drug-likeness (QED) is 0.467. The average Bonchev–Trinajstić information content (AvgIpc) is 2.86. The Kier molecular flexibility index (Phi) is 8.48. The number of sulfonamides is 1. The predicted octanol–water partition coefficient (Wildman–Crippen LogP) is 3.84. The third-order valence-corrected chi connectivity index (χ3v) is 7.40. The maximum atomic E-state index is 13.6. The van der Waals surface area contributed by atoms with E-state index in [2.05, 4.69) is 5.32 Å². The number of anilines is 1. The van der Waals surface area contributed by atoms with Crippen LogP contribution in [0.5, 0.6) is 0 Å². The fourth-order valence-corrected chi connectivity index (χ4v) is 5.13. The Hall–Kier alpha value is -3.43. The zero-order chi connectivity index (χ0) is 25.6. The highest BCUT2D eigenvalue weighted by atomic mass is 35.5. The van der Waals surface area contributed by atoms with Crippen molar-refractivity contribution in [2.45, 2.75) is 24.4 Å². The number of rotatable bonds is 9. The molecule has 0 aliphatic carbocycles. The molecule has 0 bridgehead atoms. The molecule has 3 rings (SSSR count). The first kappa shape index (κ1) is 26.2. The molecule has 7 nitrogen and oxygen atoms in total. The minimum absolute atomic E-state index is 0.0244. The van der Waals surface area contributed by atoms with Crippen LogP contribution in [-0.2, 0) is 26.2 Å². The Balaban J connectivity index is 2.01.